The van der Waals surface area contributed by atoms with Gasteiger partial charge in [-0.25, -0.2) is 9.37 Å². The average Bonchev–Trinajstić information content (AvgIpc) is 3.46. The van der Waals surface area contributed by atoms with Gasteiger partial charge in [-0.15, -0.1) is 0 Å². The molecule has 3 aromatic rings. The van der Waals surface area contributed by atoms with Crippen LogP contribution >= 0.6 is 0 Å². The highest BCUT2D eigenvalue weighted by atomic mass is 19.1. The number of esters is 1. The molecular formula is C32H36F2N6O5. The number of hydrogen-bond acceptors (Lipinski definition) is 10. The summed E-state index contributed by atoms with van der Waals surface area (Å²) in [5.41, 5.74) is 7.15. The number of rotatable bonds is 10. The smallest absolute Gasteiger partial charge is 0.308 e. The summed E-state index contributed by atoms with van der Waals surface area (Å²) in [5, 5.41) is 17.8. The first kappa shape index (κ1) is 31.5. The maximum absolute atomic E-state index is 15.7. The zero-order chi connectivity index (χ0) is 32.2. The number of carbonyl (C=O) groups excluding carboxylic acids is 1. The number of pyridine rings is 1. The first-order valence-corrected chi connectivity index (χ1v) is 14.7. The molecule has 0 amide bonds. The number of nitrogens with one attached hydrogen (secondary N) is 1. The monoisotopic (exact) mass is 622 g/mol. The number of aliphatic imine (C=N–C) groups is 1. The van der Waals surface area contributed by atoms with Gasteiger partial charge >= 0.3 is 5.97 Å². The van der Waals surface area contributed by atoms with Crippen molar-refractivity contribution >= 4 is 23.3 Å². The Labute approximate surface area is 259 Å². The number of hydrogen-bond donors (Lipinski definition) is 3. The Bertz CT molecular complexity index is 1630. The van der Waals surface area contributed by atoms with Crippen LogP contribution in [0.1, 0.15) is 43.7 Å². The van der Waals surface area contributed by atoms with E-state index in [4.69, 9.17) is 25.4 Å². The second kappa shape index (κ2) is 13.4. The van der Waals surface area contributed by atoms with Crippen molar-refractivity contribution in [2.45, 2.75) is 38.6 Å². The molecule has 0 spiro atoms. The fourth-order valence-corrected chi connectivity index (χ4v) is 5.57. The lowest BCUT2D eigenvalue weighted by atomic mass is 9.85. The lowest BCUT2D eigenvalue weighted by Crippen LogP contribution is -2.37. The van der Waals surface area contributed by atoms with Crippen molar-refractivity contribution in [2.75, 3.05) is 38.7 Å². The van der Waals surface area contributed by atoms with E-state index in [2.05, 4.69) is 14.9 Å². The molecule has 1 aliphatic carbocycles. The van der Waals surface area contributed by atoms with Crippen molar-refractivity contribution in [3.63, 3.8) is 0 Å². The normalized spacial score (nSPS) is 17.9. The van der Waals surface area contributed by atoms with Crippen molar-refractivity contribution < 1.29 is 32.9 Å². The first-order chi connectivity index (χ1) is 21.6. The average molecular weight is 623 g/mol. The van der Waals surface area contributed by atoms with E-state index in [-0.39, 0.29) is 46.6 Å². The predicted molar refractivity (Wildman–Crippen MR) is 165 cm³/mol. The van der Waals surface area contributed by atoms with Crippen LogP contribution in [-0.2, 0) is 9.53 Å². The van der Waals surface area contributed by atoms with Gasteiger partial charge in [0.15, 0.2) is 17.3 Å². The van der Waals surface area contributed by atoms with E-state index in [9.17, 15) is 9.90 Å². The van der Waals surface area contributed by atoms with Crippen molar-refractivity contribution in [3.8, 4) is 28.9 Å². The van der Waals surface area contributed by atoms with E-state index < -0.39 is 23.3 Å². The van der Waals surface area contributed by atoms with Gasteiger partial charge in [0.05, 0.1) is 30.8 Å². The molecule has 5 rings (SSSR count). The van der Waals surface area contributed by atoms with Crippen molar-refractivity contribution in [1.29, 1.82) is 5.41 Å². The van der Waals surface area contributed by atoms with Crippen LogP contribution < -0.4 is 20.1 Å². The molecule has 11 nitrogen and oxygen atoms in total. The molecule has 0 radical (unpaired) electrons. The summed E-state index contributed by atoms with van der Waals surface area (Å²) >= 11 is 0. The maximum atomic E-state index is 15.7. The number of phenols is 1. The third kappa shape index (κ3) is 6.76. The van der Waals surface area contributed by atoms with Crippen LogP contribution in [0.4, 0.5) is 14.5 Å². The number of halogens is 2. The van der Waals surface area contributed by atoms with Crippen molar-refractivity contribution in [2.24, 2.45) is 16.6 Å². The molecule has 0 unspecified atom stereocenters. The molecule has 13 heteroatoms. The molecule has 1 aliphatic heterocycles. The Hall–Kier alpha value is -4.94. The second-order valence-corrected chi connectivity index (χ2v) is 11.0. The number of carbonyl (C=O) groups is 1. The minimum Gasteiger partial charge on any atom is -0.504 e. The summed E-state index contributed by atoms with van der Waals surface area (Å²) < 4.78 is 47.3. The Morgan fingerprint density at radius 1 is 1.13 bits per heavy atom. The van der Waals surface area contributed by atoms with Gasteiger partial charge in [0.1, 0.15) is 17.4 Å². The van der Waals surface area contributed by atoms with E-state index in [1.54, 1.807) is 13.0 Å². The molecule has 1 saturated carbocycles. The Morgan fingerprint density at radius 3 is 2.56 bits per heavy atom. The molecule has 2 heterocycles. The van der Waals surface area contributed by atoms with Gasteiger partial charge in [0.25, 0.3) is 5.88 Å². The molecule has 0 bridgehead atoms. The molecule has 1 aromatic heterocycles. The van der Waals surface area contributed by atoms with Gasteiger partial charge in [0, 0.05) is 37.9 Å². The maximum Gasteiger partial charge on any atom is 0.308 e. The number of aromatic nitrogens is 1. The first-order valence-electron chi connectivity index (χ1n) is 14.7. The van der Waals surface area contributed by atoms with E-state index in [0.29, 0.717) is 31.1 Å². The number of aromatic hydroxyl groups is 1. The Kier molecular flexibility index (Phi) is 9.35. The summed E-state index contributed by atoms with van der Waals surface area (Å²) in [6, 6.07) is 9.40. The third-order valence-electron chi connectivity index (χ3n) is 8.12. The highest BCUT2D eigenvalue weighted by Gasteiger charge is 2.30. The van der Waals surface area contributed by atoms with Crippen molar-refractivity contribution in [1.82, 2.24) is 9.88 Å². The lowest BCUT2D eigenvalue weighted by Gasteiger charge is -2.35. The van der Waals surface area contributed by atoms with Crippen LogP contribution in [0.25, 0.3) is 0 Å². The van der Waals surface area contributed by atoms with Crippen LogP contribution in [0.15, 0.2) is 47.6 Å². The number of nitrogen functional groups attached to an aromatic ring is 1. The summed E-state index contributed by atoms with van der Waals surface area (Å²) in [7, 11) is 3.86. The number of likely N-dealkylation sites (N-methyl/N-ethyl adjacent to an activating group) is 1. The molecule has 1 fully saturated rings. The second-order valence-electron chi connectivity index (χ2n) is 11.0. The van der Waals surface area contributed by atoms with Gasteiger partial charge in [-0.3, -0.25) is 15.2 Å². The Morgan fingerprint density at radius 2 is 1.89 bits per heavy atom. The number of phenolic OH excluding ortho intramolecular Hbond substituents is 1. The van der Waals surface area contributed by atoms with Crippen LogP contribution in [0.3, 0.4) is 0 Å². The van der Waals surface area contributed by atoms with Crippen LogP contribution in [0, 0.1) is 23.0 Å². The lowest BCUT2D eigenvalue weighted by molar-refractivity contribution is -0.149. The SMILES string of the molecule is CCOC(=O)C1CCC(N(C)c2ccc(Oc3c(F)cnc(Oc4cc(C(=N)N)ccc4O)c3F)c(C3=NCCN3C)c2)CC1. The largest absolute Gasteiger partial charge is 0.504 e. The molecule has 238 valence electrons. The summed E-state index contributed by atoms with van der Waals surface area (Å²) in [4.78, 5) is 24.6. The number of nitrogens with zero attached hydrogens (tertiary/aromatic N) is 4. The van der Waals surface area contributed by atoms with Gasteiger partial charge < -0.3 is 34.9 Å². The summed E-state index contributed by atoms with van der Waals surface area (Å²) in [6.45, 7) is 3.41. The number of ether oxygens (including phenoxy) is 3. The van der Waals surface area contributed by atoms with E-state index in [0.717, 1.165) is 37.6 Å². The minimum atomic E-state index is -1.23. The van der Waals surface area contributed by atoms with Crippen LogP contribution in [-0.4, -0.2) is 72.5 Å². The topological polar surface area (TPSA) is 147 Å². The molecule has 0 saturated heterocycles. The molecule has 45 heavy (non-hydrogen) atoms. The number of anilines is 1. The highest BCUT2D eigenvalue weighted by molar-refractivity contribution is 6.03. The molecule has 2 aromatic carbocycles. The van der Waals surface area contributed by atoms with E-state index in [1.807, 2.05) is 31.1 Å². The quantitative estimate of drug-likeness (QED) is 0.158. The number of benzene rings is 2. The van der Waals surface area contributed by atoms with E-state index in [1.165, 1.54) is 18.2 Å². The fourth-order valence-electron chi connectivity index (χ4n) is 5.57. The standard InChI is InChI=1S/C32H36F2N6O5/c1-4-43-32(42)18-5-8-20(9-6-18)40(3)21-10-12-25(22(16-21)30-37-13-14-39(30)2)44-28-23(33)17-38-31(27(28)34)45-26-15-19(29(35)36)7-11-24(26)41/h7,10-12,15-18,20,41H,4-6,8-9,13-14H2,1-3H3,(H3,35,36). The number of nitrogens with two attached hydrogens (primary N) is 1. The van der Waals surface area contributed by atoms with Gasteiger partial charge in [-0.1, -0.05) is 0 Å². The van der Waals surface area contributed by atoms with Gasteiger partial charge in [-0.05, 0) is 69.0 Å². The summed E-state index contributed by atoms with van der Waals surface area (Å²) in [6.07, 6.45) is 3.86. The minimum absolute atomic E-state index is 0.0940. The summed E-state index contributed by atoms with van der Waals surface area (Å²) in [5.74, 6) is -4.00. The van der Waals surface area contributed by atoms with E-state index >= 15 is 8.78 Å². The third-order valence-corrected chi connectivity index (χ3v) is 8.12. The van der Waals surface area contributed by atoms with Crippen LogP contribution in [0.5, 0.6) is 28.9 Å². The zero-order valence-corrected chi connectivity index (χ0v) is 25.3. The van der Waals surface area contributed by atoms with Gasteiger partial charge in [-0.2, -0.15) is 4.39 Å². The fraction of sp³-hybridized carbons (Fsp3) is 0.375. The van der Waals surface area contributed by atoms with Crippen molar-refractivity contribution in [3.05, 3.63) is 65.4 Å². The Balaban J connectivity index is 1.43. The number of amidine groups is 2. The molecule has 0 atom stereocenters. The molecule has 2 aliphatic rings. The molecular weight excluding hydrogens is 586 g/mol. The predicted octanol–water partition coefficient (Wildman–Crippen LogP) is 5.18. The highest BCUT2D eigenvalue weighted by Crippen LogP contribution is 2.39. The zero-order valence-electron chi connectivity index (χ0n) is 25.3. The molecule has 4 N–H and O–H groups in total. The van der Waals surface area contributed by atoms with Gasteiger partial charge in [0.2, 0.25) is 11.6 Å². The van der Waals surface area contributed by atoms with Crippen LogP contribution in [0.2, 0.25) is 0 Å².